The summed E-state index contributed by atoms with van der Waals surface area (Å²) in [6, 6.07) is 0. The van der Waals surface area contributed by atoms with Crippen molar-refractivity contribution in [1.29, 1.82) is 0 Å². The molecule has 4 nitrogen and oxygen atoms in total. The van der Waals surface area contributed by atoms with Crippen LogP contribution in [0, 0.1) is 11.3 Å². The highest BCUT2D eigenvalue weighted by molar-refractivity contribution is 5.99. The fourth-order valence-electron chi connectivity index (χ4n) is 2.99. The van der Waals surface area contributed by atoms with E-state index in [2.05, 4.69) is 0 Å². The molecule has 0 bridgehead atoms. The number of ether oxygens (including phenoxy) is 1. The van der Waals surface area contributed by atoms with Crippen molar-refractivity contribution in [2.45, 2.75) is 39.5 Å². The van der Waals surface area contributed by atoms with Crippen molar-refractivity contribution >= 4 is 17.5 Å². The number of allylic oxidation sites excluding steroid dienone is 1. The Kier molecular flexibility index (Phi) is 3.37. The van der Waals surface area contributed by atoms with Gasteiger partial charge in [0.25, 0.3) is 0 Å². The molecule has 0 amide bonds. The van der Waals surface area contributed by atoms with Crippen LogP contribution < -0.4 is 0 Å². The Bertz CT molecular complexity index is 435. The Labute approximate surface area is 106 Å². The van der Waals surface area contributed by atoms with Crippen molar-refractivity contribution in [3.05, 3.63) is 11.6 Å². The minimum atomic E-state index is -0.725. The third-order valence-electron chi connectivity index (χ3n) is 4.08. The van der Waals surface area contributed by atoms with Gasteiger partial charge >= 0.3 is 5.97 Å². The van der Waals surface area contributed by atoms with Crippen molar-refractivity contribution in [2.75, 3.05) is 6.61 Å². The monoisotopic (exact) mass is 250 g/mol. The van der Waals surface area contributed by atoms with E-state index in [0.717, 1.165) is 0 Å². The van der Waals surface area contributed by atoms with Gasteiger partial charge in [-0.25, -0.2) is 0 Å². The van der Waals surface area contributed by atoms with Crippen LogP contribution in [0.3, 0.4) is 0 Å². The summed E-state index contributed by atoms with van der Waals surface area (Å²) in [6.45, 7) is 3.87. The topological polar surface area (TPSA) is 60.4 Å². The van der Waals surface area contributed by atoms with Gasteiger partial charge < -0.3 is 4.74 Å². The Hall–Kier alpha value is -1.45. The molecule has 2 atom stereocenters. The normalized spacial score (nSPS) is 31.7. The first kappa shape index (κ1) is 13.0. The molecule has 2 aliphatic carbocycles. The Morgan fingerprint density at radius 2 is 2.06 bits per heavy atom. The third-order valence-corrected chi connectivity index (χ3v) is 4.08. The zero-order valence-electron chi connectivity index (χ0n) is 10.8. The van der Waals surface area contributed by atoms with Crippen molar-refractivity contribution in [2.24, 2.45) is 11.3 Å². The number of Topliss-reactive ketones (excluding diaryl/α,β-unsaturated/α-hetero) is 1. The molecule has 0 saturated heterocycles. The van der Waals surface area contributed by atoms with Gasteiger partial charge in [0.1, 0.15) is 5.78 Å². The lowest BCUT2D eigenvalue weighted by Gasteiger charge is -2.41. The average molecular weight is 250 g/mol. The second-order valence-corrected chi connectivity index (χ2v) is 5.06. The van der Waals surface area contributed by atoms with E-state index >= 15 is 0 Å². The molecule has 2 aliphatic rings. The predicted octanol–water partition coefficient (Wildman–Crippen LogP) is 1.82. The number of ketones is 2. The summed E-state index contributed by atoms with van der Waals surface area (Å²) in [5.41, 5.74) is -0.0505. The summed E-state index contributed by atoms with van der Waals surface area (Å²) in [5, 5.41) is 0. The molecule has 98 valence electrons. The molecule has 0 radical (unpaired) electrons. The van der Waals surface area contributed by atoms with E-state index in [0.29, 0.717) is 37.9 Å². The smallest absolute Gasteiger partial charge is 0.316 e. The molecule has 2 rings (SSSR count). The molecule has 1 saturated carbocycles. The van der Waals surface area contributed by atoms with Crippen LogP contribution in [0.2, 0.25) is 0 Å². The van der Waals surface area contributed by atoms with Gasteiger partial charge in [-0.05, 0) is 31.4 Å². The van der Waals surface area contributed by atoms with Gasteiger partial charge in [-0.1, -0.05) is 6.92 Å². The van der Waals surface area contributed by atoms with Crippen LogP contribution in [0.5, 0.6) is 0 Å². The maximum absolute atomic E-state index is 12.2. The largest absolute Gasteiger partial charge is 0.465 e. The number of esters is 1. The van der Waals surface area contributed by atoms with Crippen LogP contribution in [0.1, 0.15) is 39.5 Å². The Morgan fingerprint density at radius 3 is 2.72 bits per heavy atom. The molecule has 4 heteroatoms. The highest BCUT2D eigenvalue weighted by Gasteiger charge is 2.51. The number of hydrogen-bond acceptors (Lipinski definition) is 4. The van der Waals surface area contributed by atoms with E-state index in [1.165, 1.54) is 6.08 Å². The van der Waals surface area contributed by atoms with Gasteiger partial charge in [-0.3, -0.25) is 14.4 Å². The van der Waals surface area contributed by atoms with Crippen molar-refractivity contribution < 1.29 is 19.1 Å². The van der Waals surface area contributed by atoms with Crippen LogP contribution >= 0.6 is 0 Å². The fourth-order valence-corrected chi connectivity index (χ4v) is 2.99. The summed E-state index contributed by atoms with van der Waals surface area (Å²) < 4.78 is 5.16. The van der Waals surface area contributed by atoms with Gasteiger partial charge in [0, 0.05) is 18.8 Å². The van der Waals surface area contributed by atoms with Gasteiger partial charge in [-0.2, -0.15) is 0 Å². The van der Waals surface area contributed by atoms with Gasteiger partial charge in [0.05, 0.1) is 12.0 Å². The molecule has 2 unspecified atom stereocenters. The molecule has 0 heterocycles. The maximum atomic E-state index is 12.2. The fraction of sp³-hybridized carbons (Fsp3) is 0.643. The van der Waals surface area contributed by atoms with Gasteiger partial charge in [-0.15, -0.1) is 0 Å². The second-order valence-electron chi connectivity index (χ2n) is 5.06. The molecular formula is C14H18O4. The number of rotatable bonds is 2. The lowest BCUT2D eigenvalue weighted by molar-refractivity contribution is -0.156. The molecule has 18 heavy (non-hydrogen) atoms. The highest BCUT2D eigenvalue weighted by Crippen LogP contribution is 2.49. The number of carbonyl (C=O) groups excluding carboxylic acids is 3. The van der Waals surface area contributed by atoms with E-state index in [1.54, 1.807) is 13.8 Å². The summed E-state index contributed by atoms with van der Waals surface area (Å²) in [5.74, 6) is -0.502. The van der Waals surface area contributed by atoms with E-state index in [1.807, 2.05) is 0 Å². The van der Waals surface area contributed by atoms with Crippen molar-refractivity contribution in [1.82, 2.24) is 0 Å². The Balaban J connectivity index is 2.43. The number of fused-ring (bicyclic) bond motifs is 1. The Morgan fingerprint density at radius 1 is 1.39 bits per heavy atom. The SMILES string of the molecule is CCOC(=O)C12CCC(=O)C=C1C(C)C(=O)CC2. The lowest BCUT2D eigenvalue weighted by Crippen LogP contribution is -2.45. The summed E-state index contributed by atoms with van der Waals surface area (Å²) >= 11 is 0. The predicted molar refractivity (Wildman–Crippen MR) is 64.8 cm³/mol. The first-order valence-corrected chi connectivity index (χ1v) is 6.46. The lowest BCUT2D eigenvalue weighted by atomic mass is 9.61. The molecule has 0 aromatic rings. The minimum Gasteiger partial charge on any atom is -0.465 e. The minimum absolute atomic E-state index is 0.00599. The number of carbonyl (C=O) groups is 3. The summed E-state index contributed by atoms with van der Waals surface area (Å²) in [6.07, 6.45) is 3.22. The summed E-state index contributed by atoms with van der Waals surface area (Å²) in [4.78, 5) is 35.6. The van der Waals surface area contributed by atoms with Crippen LogP contribution in [0.4, 0.5) is 0 Å². The first-order chi connectivity index (χ1) is 8.51. The van der Waals surface area contributed by atoms with E-state index in [4.69, 9.17) is 4.74 Å². The number of hydrogen-bond donors (Lipinski definition) is 0. The highest BCUT2D eigenvalue weighted by atomic mass is 16.5. The zero-order chi connectivity index (χ0) is 13.3. The van der Waals surface area contributed by atoms with Crippen LogP contribution in [0.25, 0.3) is 0 Å². The first-order valence-electron chi connectivity index (χ1n) is 6.46. The van der Waals surface area contributed by atoms with Gasteiger partial charge in [0.15, 0.2) is 5.78 Å². The van der Waals surface area contributed by atoms with Crippen molar-refractivity contribution in [3.8, 4) is 0 Å². The quantitative estimate of drug-likeness (QED) is 0.701. The second kappa shape index (κ2) is 4.67. The summed E-state index contributed by atoms with van der Waals surface area (Å²) in [7, 11) is 0. The van der Waals surface area contributed by atoms with Gasteiger partial charge in [0.2, 0.25) is 0 Å². The maximum Gasteiger partial charge on any atom is 0.316 e. The third kappa shape index (κ3) is 1.89. The molecule has 0 aliphatic heterocycles. The van der Waals surface area contributed by atoms with E-state index in [9.17, 15) is 14.4 Å². The zero-order valence-corrected chi connectivity index (χ0v) is 10.8. The van der Waals surface area contributed by atoms with E-state index in [-0.39, 0.29) is 23.5 Å². The molecular weight excluding hydrogens is 232 g/mol. The van der Waals surface area contributed by atoms with Crippen LogP contribution in [0.15, 0.2) is 11.6 Å². The molecule has 0 N–H and O–H groups in total. The molecule has 1 fully saturated rings. The standard InChI is InChI=1S/C14H18O4/c1-3-18-13(17)14-6-4-10(15)8-11(14)9(2)12(16)5-7-14/h8-9H,3-7H2,1-2H3. The molecule has 0 aromatic heterocycles. The average Bonchev–Trinajstić information content (AvgIpc) is 2.35. The molecule has 0 aromatic carbocycles. The van der Waals surface area contributed by atoms with E-state index < -0.39 is 5.41 Å². The molecule has 0 spiro atoms. The van der Waals surface area contributed by atoms with Crippen molar-refractivity contribution in [3.63, 3.8) is 0 Å². The van der Waals surface area contributed by atoms with Crippen LogP contribution in [-0.2, 0) is 19.1 Å². The van der Waals surface area contributed by atoms with Crippen LogP contribution in [-0.4, -0.2) is 24.1 Å².